The molecular weight excluding hydrogens is 312 g/mol. The molecule has 2 rings (SSSR count). The highest BCUT2D eigenvalue weighted by Gasteiger charge is 2.03. The van der Waals surface area contributed by atoms with Crippen molar-refractivity contribution in [1.29, 1.82) is 0 Å². The summed E-state index contributed by atoms with van der Waals surface area (Å²) >= 11 is 0. The number of benzene rings is 2. The minimum Gasteiger partial charge on any atom is -0.370 e. The van der Waals surface area contributed by atoms with E-state index in [4.69, 9.17) is 5.73 Å². The van der Waals surface area contributed by atoms with Crippen LogP contribution in [0.3, 0.4) is 0 Å². The van der Waals surface area contributed by atoms with E-state index >= 15 is 0 Å². The van der Waals surface area contributed by atoms with Crippen molar-refractivity contribution in [3.8, 4) is 0 Å². The topological polar surface area (TPSA) is 79.5 Å². The molecule has 1 unspecified atom stereocenters. The van der Waals surface area contributed by atoms with Gasteiger partial charge in [-0.15, -0.1) is 0 Å². The number of nitrogens with one attached hydrogen (secondary N) is 2. The van der Waals surface area contributed by atoms with Crippen molar-refractivity contribution in [2.24, 2.45) is 10.7 Å². The molecule has 0 radical (unpaired) electrons. The van der Waals surface area contributed by atoms with Crippen LogP contribution in [0.1, 0.15) is 44.2 Å². The number of nitrogens with two attached hydrogens (primary N) is 1. The summed E-state index contributed by atoms with van der Waals surface area (Å²) in [5.74, 6) is 0.819. The van der Waals surface area contributed by atoms with E-state index in [1.54, 1.807) is 0 Å². The molecule has 2 aromatic carbocycles. The van der Waals surface area contributed by atoms with E-state index in [-0.39, 0.29) is 5.91 Å². The lowest BCUT2D eigenvalue weighted by Gasteiger charge is -2.11. The molecule has 0 aliphatic heterocycles. The number of carbonyl (C=O) groups excluding carboxylic acids is 1. The van der Waals surface area contributed by atoms with E-state index in [0.29, 0.717) is 18.4 Å². The molecular formula is C20H26N4O. The van der Waals surface area contributed by atoms with E-state index in [9.17, 15) is 4.79 Å². The van der Waals surface area contributed by atoms with Crippen LogP contribution in [0.15, 0.2) is 53.5 Å². The van der Waals surface area contributed by atoms with Gasteiger partial charge < -0.3 is 16.4 Å². The number of amides is 1. The first-order valence-corrected chi connectivity index (χ1v) is 8.51. The summed E-state index contributed by atoms with van der Waals surface area (Å²) in [6, 6.07) is 15.8. The van der Waals surface area contributed by atoms with Gasteiger partial charge in [-0.3, -0.25) is 4.79 Å². The summed E-state index contributed by atoms with van der Waals surface area (Å²) in [6.45, 7) is 6.33. The summed E-state index contributed by atoms with van der Waals surface area (Å²) in [5, 5.41) is 5.86. The second-order valence-corrected chi connectivity index (χ2v) is 6.14. The predicted octanol–water partition coefficient (Wildman–Crippen LogP) is 4.09. The highest BCUT2D eigenvalue weighted by molar-refractivity contribution is 5.92. The Kier molecular flexibility index (Phi) is 6.57. The van der Waals surface area contributed by atoms with Gasteiger partial charge in [-0.25, -0.2) is 4.99 Å². The number of hydrogen-bond donors (Lipinski definition) is 3. The molecule has 5 heteroatoms. The van der Waals surface area contributed by atoms with E-state index in [1.165, 1.54) is 12.5 Å². The zero-order valence-corrected chi connectivity index (χ0v) is 15.0. The van der Waals surface area contributed by atoms with Crippen molar-refractivity contribution in [2.75, 3.05) is 10.6 Å². The van der Waals surface area contributed by atoms with Crippen LogP contribution in [0.5, 0.6) is 0 Å². The lowest BCUT2D eigenvalue weighted by atomic mass is 9.99. The molecule has 0 aliphatic carbocycles. The maximum absolute atomic E-state index is 11.1. The molecule has 0 fully saturated rings. The first-order chi connectivity index (χ1) is 12.0. The maximum Gasteiger partial charge on any atom is 0.221 e. The summed E-state index contributed by atoms with van der Waals surface area (Å²) in [5.41, 5.74) is 9.93. The van der Waals surface area contributed by atoms with Gasteiger partial charge in [0.25, 0.3) is 0 Å². The molecule has 4 N–H and O–H groups in total. The predicted molar refractivity (Wildman–Crippen MR) is 105 cm³/mol. The van der Waals surface area contributed by atoms with Gasteiger partial charge in [0.1, 0.15) is 0 Å². The van der Waals surface area contributed by atoms with Gasteiger partial charge in [-0.05, 0) is 47.7 Å². The number of hydrogen-bond acceptors (Lipinski definition) is 2. The van der Waals surface area contributed by atoms with Gasteiger partial charge in [0.05, 0.1) is 6.54 Å². The van der Waals surface area contributed by atoms with Gasteiger partial charge in [0, 0.05) is 18.3 Å². The fourth-order valence-electron chi connectivity index (χ4n) is 2.45. The van der Waals surface area contributed by atoms with Crippen LogP contribution in [0.25, 0.3) is 0 Å². The molecule has 0 heterocycles. The van der Waals surface area contributed by atoms with E-state index in [1.807, 2.05) is 36.4 Å². The Morgan fingerprint density at radius 1 is 1.12 bits per heavy atom. The summed E-state index contributed by atoms with van der Waals surface area (Å²) < 4.78 is 0. The summed E-state index contributed by atoms with van der Waals surface area (Å²) in [6.07, 6.45) is 1.12. The van der Waals surface area contributed by atoms with Crippen LogP contribution >= 0.6 is 0 Å². The SMILES string of the molecule is CCC(C)c1ccc(NC(N)=NCc2cccc(NC(C)=O)c2)cc1. The average Bonchev–Trinajstić information content (AvgIpc) is 2.60. The number of guanidine groups is 1. The molecule has 2 aromatic rings. The Morgan fingerprint density at radius 2 is 1.84 bits per heavy atom. The fourth-order valence-corrected chi connectivity index (χ4v) is 2.45. The van der Waals surface area contributed by atoms with E-state index < -0.39 is 0 Å². The fraction of sp³-hybridized carbons (Fsp3) is 0.300. The molecule has 0 spiro atoms. The van der Waals surface area contributed by atoms with Crippen molar-refractivity contribution >= 4 is 23.2 Å². The second kappa shape index (κ2) is 8.87. The van der Waals surface area contributed by atoms with Gasteiger partial charge >= 0.3 is 0 Å². The van der Waals surface area contributed by atoms with Gasteiger partial charge in [-0.1, -0.05) is 38.1 Å². The molecule has 132 valence electrons. The molecule has 0 aromatic heterocycles. The highest BCUT2D eigenvalue weighted by atomic mass is 16.1. The standard InChI is InChI=1S/C20H26N4O/c1-4-14(2)17-8-10-18(11-9-17)24-20(21)22-13-16-6-5-7-19(12-16)23-15(3)25/h5-12,14H,4,13H2,1-3H3,(H,23,25)(H3,21,22,24). The monoisotopic (exact) mass is 338 g/mol. The molecule has 1 amide bonds. The Hall–Kier alpha value is -2.82. The second-order valence-electron chi connectivity index (χ2n) is 6.14. The average molecular weight is 338 g/mol. The summed E-state index contributed by atoms with van der Waals surface area (Å²) in [7, 11) is 0. The van der Waals surface area contributed by atoms with Crippen molar-refractivity contribution in [1.82, 2.24) is 0 Å². The Morgan fingerprint density at radius 3 is 2.48 bits per heavy atom. The quantitative estimate of drug-likeness (QED) is 0.548. The maximum atomic E-state index is 11.1. The lowest BCUT2D eigenvalue weighted by molar-refractivity contribution is -0.114. The summed E-state index contributed by atoms with van der Waals surface area (Å²) in [4.78, 5) is 15.5. The third-order valence-corrected chi connectivity index (χ3v) is 4.04. The number of nitrogens with zero attached hydrogens (tertiary/aromatic N) is 1. The Bertz CT molecular complexity index is 738. The minimum atomic E-state index is -0.0947. The van der Waals surface area contributed by atoms with Crippen LogP contribution in [0, 0.1) is 0 Å². The molecule has 5 nitrogen and oxygen atoms in total. The van der Waals surface area contributed by atoms with Crippen molar-refractivity contribution in [2.45, 2.75) is 39.7 Å². The third kappa shape index (κ3) is 5.95. The molecule has 0 saturated carbocycles. The van der Waals surface area contributed by atoms with Crippen LogP contribution in [-0.4, -0.2) is 11.9 Å². The van der Waals surface area contributed by atoms with E-state index in [0.717, 1.165) is 23.4 Å². The molecule has 0 saturated heterocycles. The van der Waals surface area contributed by atoms with Crippen LogP contribution in [-0.2, 0) is 11.3 Å². The van der Waals surface area contributed by atoms with Crippen LogP contribution in [0.4, 0.5) is 11.4 Å². The normalized spacial score (nSPS) is 12.5. The Balaban J connectivity index is 1.96. The molecule has 25 heavy (non-hydrogen) atoms. The van der Waals surface area contributed by atoms with Crippen LogP contribution < -0.4 is 16.4 Å². The van der Waals surface area contributed by atoms with Gasteiger partial charge in [-0.2, -0.15) is 0 Å². The Labute approximate surface area is 149 Å². The largest absolute Gasteiger partial charge is 0.370 e. The number of aliphatic imine (C=N–C) groups is 1. The first kappa shape index (κ1) is 18.5. The molecule has 1 atom stereocenters. The van der Waals surface area contributed by atoms with Crippen LogP contribution in [0.2, 0.25) is 0 Å². The van der Waals surface area contributed by atoms with Gasteiger partial charge in [0.15, 0.2) is 5.96 Å². The smallest absolute Gasteiger partial charge is 0.221 e. The van der Waals surface area contributed by atoms with Gasteiger partial charge in [0.2, 0.25) is 5.91 Å². The highest BCUT2D eigenvalue weighted by Crippen LogP contribution is 2.20. The van der Waals surface area contributed by atoms with Crippen molar-refractivity contribution in [3.05, 3.63) is 59.7 Å². The zero-order chi connectivity index (χ0) is 18.2. The molecule has 0 aliphatic rings. The van der Waals surface area contributed by atoms with E-state index in [2.05, 4.69) is 41.6 Å². The first-order valence-electron chi connectivity index (χ1n) is 8.51. The molecule has 0 bridgehead atoms. The lowest BCUT2D eigenvalue weighted by Crippen LogP contribution is -2.22. The zero-order valence-electron chi connectivity index (χ0n) is 15.0. The minimum absolute atomic E-state index is 0.0947. The number of rotatable bonds is 6. The van der Waals surface area contributed by atoms with Crippen molar-refractivity contribution < 1.29 is 4.79 Å². The van der Waals surface area contributed by atoms with Crippen molar-refractivity contribution in [3.63, 3.8) is 0 Å². The third-order valence-electron chi connectivity index (χ3n) is 4.04. The number of carbonyl (C=O) groups is 1. The number of anilines is 2.